The minimum atomic E-state index is -4.64. The molecule has 0 aromatic heterocycles. The molecule has 0 unspecified atom stereocenters. The molecule has 1 saturated carbocycles. The SMILES string of the molecule is CNC(=O)c1ccc(O[C@H]2CC[C@H](N(C(N)=O)c3ccc(Cl)c(C(F)(F)F)c3)CC2)cc1. The predicted octanol–water partition coefficient (Wildman–Crippen LogP) is 4.99. The second kappa shape index (κ2) is 9.68. The van der Waals surface area contributed by atoms with Crippen molar-refractivity contribution in [1.82, 2.24) is 5.32 Å². The van der Waals surface area contributed by atoms with Gasteiger partial charge in [-0.15, -0.1) is 0 Å². The number of anilines is 1. The summed E-state index contributed by atoms with van der Waals surface area (Å²) in [4.78, 5) is 24.9. The van der Waals surface area contributed by atoms with E-state index in [9.17, 15) is 22.8 Å². The van der Waals surface area contributed by atoms with Crippen molar-refractivity contribution in [3.63, 3.8) is 0 Å². The summed E-state index contributed by atoms with van der Waals surface area (Å²) >= 11 is 5.69. The minimum Gasteiger partial charge on any atom is -0.490 e. The fourth-order valence-electron chi connectivity index (χ4n) is 3.84. The molecule has 6 nitrogen and oxygen atoms in total. The maximum atomic E-state index is 13.2. The molecule has 172 valence electrons. The molecule has 1 fully saturated rings. The molecule has 3 rings (SSSR count). The molecule has 1 aliphatic carbocycles. The molecule has 10 heteroatoms. The van der Waals surface area contributed by atoms with Gasteiger partial charge in [0.05, 0.1) is 16.7 Å². The van der Waals surface area contributed by atoms with Crippen molar-refractivity contribution in [1.29, 1.82) is 0 Å². The Labute approximate surface area is 188 Å². The number of nitrogens with two attached hydrogens (primary N) is 1. The number of ether oxygens (including phenoxy) is 1. The molecule has 32 heavy (non-hydrogen) atoms. The van der Waals surface area contributed by atoms with Crippen molar-refractivity contribution >= 4 is 29.2 Å². The van der Waals surface area contributed by atoms with Gasteiger partial charge in [-0.05, 0) is 68.1 Å². The number of amides is 3. The average Bonchev–Trinajstić information content (AvgIpc) is 2.75. The second-order valence-electron chi connectivity index (χ2n) is 7.52. The number of primary amides is 1. The number of nitrogens with one attached hydrogen (secondary N) is 1. The Bertz CT molecular complexity index is 975. The van der Waals surface area contributed by atoms with E-state index >= 15 is 0 Å². The molecule has 0 aliphatic heterocycles. The third kappa shape index (κ3) is 5.45. The van der Waals surface area contributed by atoms with Crippen LogP contribution in [0.5, 0.6) is 5.75 Å². The van der Waals surface area contributed by atoms with Gasteiger partial charge >= 0.3 is 12.2 Å². The summed E-state index contributed by atoms with van der Waals surface area (Å²) in [6.07, 6.45) is -2.57. The highest BCUT2D eigenvalue weighted by atomic mass is 35.5. The monoisotopic (exact) mass is 469 g/mol. The van der Waals surface area contributed by atoms with E-state index in [1.54, 1.807) is 31.3 Å². The Morgan fingerprint density at radius 2 is 1.72 bits per heavy atom. The molecule has 0 saturated heterocycles. The van der Waals surface area contributed by atoms with Crippen LogP contribution in [0.15, 0.2) is 42.5 Å². The maximum absolute atomic E-state index is 13.2. The minimum absolute atomic E-state index is 0.0587. The molecule has 3 N–H and O–H groups in total. The molecule has 2 aromatic carbocycles. The van der Waals surface area contributed by atoms with Crippen LogP contribution >= 0.6 is 11.6 Å². The third-order valence-electron chi connectivity index (χ3n) is 5.43. The van der Waals surface area contributed by atoms with E-state index in [2.05, 4.69) is 5.32 Å². The van der Waals surface area contributed by atoms with Gasteiger partial charge in [0.1, 0.15) is 5.75 Å². The fraction of sp³-hybridized carbons (Fsp3) is 0.364. The molecule has 0 atom stereocenters. The van der Waals surface area contributed by atoms with Crippen molar-refractivity contribution in [2.45, 2.75) is 44.0 Å². The summed E-state index contributed by atoms with van der Waals surface area (Å²) in [7, 11) is 1.55. The fourth-order valence-corrected chi connectivity index (χ4v) is 4.07. The van der Waals surface area contributed by atoms with Crippen LogP contribution in [0.3, 0.4) is 0 Å². The number of benzene rings is 2. The highest BCUT2D eigenvalue weighted by Gasteiger charge is 2.35. The number of hydrogen-bond acceptors (Lipinski definition) is 3. The number of carbonyl (C=O) groups excluding carboxylic acids is 2. The van der Waals surface area contributed by atoms with E-state index < -0.39 is 22.8 Å². The van der Waals surface area contributed by atoms with Crippen LogP contribution < -0.4 is 20.7 Å². The molecule has 2 aromatic rings. The summed E-state index contributed by atoms with van der Waals surface area (Å²) in [5.41, 5.74) is 5.07. The first-order chi connectivity index (χ1) is 15.1. The van der Waals surface area contributed by atoms with E-state index in [1.807, 2.05) is 0 Å². The van der Waals surface area contributed by atoms with Crippen LogP contribution in [0.1, 0.15) is 41.6 Å². The lowest BCUT2D eigenvalue weighted by Gasteiger charge is -2.36. The van der Waals surface area contributed by atoms with Crippen LogP contribution in [-0.2, 0) is 6.18 Å². The predicted molar refractivity (Wildman–Crippen MR) is 115 cm³/mol. The molecule has 0 heterocycles. The maximum Gasteiger partial charge on any atom is 0.417 e. The lowest BCUT2D eigenvalue weighted by molar-refractivity contribution is -0.137. The largest absolute Gasteiger partial charge is 0.490 e. The summed E-state index contributed by atoms with van der Waals surface area (Å²) in [5.74, 6) is 0.417. The summed E-state index contributed by atoms with van der Waals surface area (Å²) < 4.78 is 45.6. The Morgan fingerprint density at radius 3 is 2.25 bits per heavy atom. The van der Waals surface area contributed by atoms with Gasteiger partial charge in [0, 0.05) is 24.3 Å². The van der Waals surface area contributed by atoms with Gasteiger partial charge in [-0.1, -0.05) is 11.6 Å². The zero-order valence-electron chi connectivity index (χ0n) is 17.3. The van der Waals surface area contributed by atoms with Gasteiger partial charge in [0.25, 0.3) is 5.91 Å². The lowest BCUT2D eigenvalue weighted by Crippen LogP contribution is -2.46. The van der Waals surface area contributed by atoms with Crippen LogP contribution in [0.2, 0.25) is 5.02 Å². The number of nitrogens with zero attached hydrogens (tertiary/aromatic N) is 1. The van der Waals surface area contributed by atoms with Crippen molar-refractivity contribution < 1.29 is 27.5 Å². The Balaban J connectivity index is 1.67. The van der Waals surface area contributed by atoms with Gasteiger partial charge in [0.15, 0.2) is 0 Å². The van der Waals surface area contributed by atoms with Crippen molar-refractivity contribution in [3.8, 4) is 5.75 Å². The normalized spacial score (nSPS) is 18.7. The first kappa shape index (κ1) is 23.7. The second-order valence-corrected chi connectivity index (χ2v) is 7.93. The van der Waals surface area contributed by atoms with E-state index in [4.69, 9.17) is 22.1 Å². The van der Waals surface area contributed by atoms with Crippen molar-refractivity contribution in [2.75, 3.05) is 11.9 Å². The van der Waals surface area contributed by atoms with Gasteiger partial charge in [-0.3, -0.25) is 9.69 Å². The first-order valence-electron chi connectivity index (χ1n) is 10.0. The Morgan fingerprint density at radius 1 is 1.09 bits per heavy atom. The highest BCUT2D eigenvalue weighted by Crippen LogP contribution is 2.38. The molecular weight excluding hydrogens is 447 g/mol. The Hall–Kier alpha value is -2.94. The van der Waals surface area contributed by atoms with Crippen molar-refractivity contribution in [3.05, 3.63) is 58.6 Å². The van der Waals surface area contributed by atoms with Crippen LogP contribution in [0.25, 0.3) is 0 Å². The highest BCUT2D eigenvalue weighted by molar-refractivity contribution is 6.31. The van der Waals surface area contributed by atoms with Crippen LogP contribution in [0.4, 0.5) is 23.7 Å². The van der Waals surface area contributed by atoms with E-state index in [0.717, 1.165) is 12.1 Å². The summed E-state index contributed by atoms with van der Waals surface area (Å²) in [6.45, 7) is 0. The zero-order valence-corrected chi connectivity index (χ0v) is 18.0. The van der Waals surface area contributed by atoms with Gasteiger partial charge in [-0.2, -0.15) is 13.2 Å². The topological polar surface area (TPSA) is 84.7 Å². The van der Waals surface area contributed by atoms with E-state index in [0.29, 0.717) is 37.0 Å². The first-order valence-corrected chi connectivity index (χ1v) is 10.4. The number of alkyl halides is 3. The van der Waals surface area contributed by atoms with E-state index in [-0.39, 0.29) is 23.7 Å². The smallest absolute Gasteiger partial charge is 0.417 e. The molecular formula is C22H23ClF3N3O3. The zero-order chi connectivity index (χ0) is 23.5. The number of urea groups is 1. The molecule has 0 radical (unpaired) electrons. The molecule has 1 aliphatic rings. The van der Waals surface area contributed by atoms with Gasteiger partial charge < -0.3 is 15.8 Å². The molecule has 0 bridgehead atoms. The van der Waals surface area contributed by atoms with Crippen molar-refractivity contribution in [2.24, 2.45) is 5.73 Å². The number of hydrogen-bond donors (Lipinski definition) is 2. The van der Waals surface area contributed by atoms with Gasteiger partial charge in [0.2, 0.25) is 0 Å². The Kier molecular flexibility index (Phi) is 7.18. The van der Waals surface area contributed by atoms with E-state index in [1.165, 1.54) is 11.0 Å². The third-order valence-corrected chi connectivity index (χ3v) is 5.76. The van der Waals surface area contributed by atoms with Gasteiger partial charge in [-0.25, -0.2) is 4.79 Å². The number of halogens is 4. The molecule has 0 spiro atoms. The van der Waals surface area contributed by atoms with Crippen LogP contribution in [-0.4, -0.2) is 31.1 Å². The molecule has 3 amide bonds. The quantitative estimate of drug-likeness (QED) is 0.646. The average molecular weight is 470 g/mol. The summed E-state index contributed by atoms with van der Waals surface area (Å²) in [6, 6.07) is 8.88. The number of carbonyl (C=O) groups is 2. The lowest BCUT2D eigenvalue weighted by atomic mass is 9.91. The summed E-state index contributed by atoms with van der Waals surface area (Å²) in [5, 5.41) is 2.10. The standard InChI is InChI=1S/C22H23ClF3N3O3/c1-28-20(30)13-2-7-16(8-3-13)32-17-9-4-14(5-10-17)29(21(27)31)15-6-11-19(23)18(12-15)22(24,25)26/h2-3,6-8,11-12,14,17H,4-5,9-10H2,1H3,(H2,27,31)(H,28,30)/t14-,17-. The number of rotatable bonds is 5. The van der Waals surface area contributed by atoms with Crippen LogP contribution in [0, 0.1) is 0 Å².